The van der Waals surface area contributed by atoms with Crippen molar-refractivity contribution in [2.75, 3.05) is 20.8 Å². The van der Waals surface area contributed by atoms with E-state index >= 15 is 0 Å². The van der Waals surface area contributed by atoms with Gasteiger partial charge in [0.15, 0.2) is 0 Å². The Labute approximate surface area is 105 Å². The van der Waals surface area contributed by atoms with Crippen LogP contribution in [0.5, 0.6) is 5.75 Å². The van der Waals surface area contributed by atoms with Crippen molar-refractivity contribution in [3.8, 4) is 5.75 Å². The summed E-state index contributed by atoms with van der Waals surface area (Å²) in [6.45, 7) is 3.82. The minimum absolute atomic E-state index is 0.103. The summed E-state index contributed by atoms with van der Waals surface area (Å²) in [4.78, 5) is 23.1. The molecule has 96 valence electrons. The first-order chi connectivity index (χ1) is 8.63. The second-order valence-corrected chi connectivity index (χ2v) is 3.29. The lowest BCUT2D eigenvalue weighted by molar-refractivity contribution is 0.0555. The number of rotatable bonds is 5. The van der Waals surface area contributed by atoms with E-state index in [1.807, 2.05) is 0 Å². The van der Waals surface area contributed by atoms with Crippen LogP contribution >= 0.6 is 0 Å². The first-order valence-electron chi connectivity index (χ1n) is 5.18. The van der Waals surface area contributed by atoms with Gasteiger partial charge in [-0.3, -0.25) is 0 Å². The number of hydrogen-bond donors (Lipinski definition) is 0. The van der Waals surface area contributed by atoms with Gasteiger partial charge >= 0.3 is 11.9 Å². The van der Waals surface area contributed by atoms with Gasteiger partial charge in [0.25, 0.3) is 0 Å². The highest BCUT2D eigenvalue weighted by Gasteiger charge is 2.19. The maximum Gasteiger partial charge on any atom is 0.338 e. The Morgan fingerprint density at radius 1 is 1.17 bits per heavy atom. The van der Waals surface area contributed by atoms with Crippen LogP contribution in [0.1, 0.15) is 20.7 Å². The molecule has 0 aliphatic heterocycles. The molecule has 0 spiro atoms. The molecule has 0 radical (unpaired) electrons. The molecule has 1 aromatic carbocycles. The predicted molar refractivity (Wildman–Crippen MR) is 64.8 cm³/mol. The fraction of sp³-hybridized carbons (Fsp3) is 0.231. The molecule has 0 aromatic heterocycles. The molecule has 0 bridgehead atoms. The van der Waals surface area contributed by atoms with E-state index in [0.717, 1.165) is 0 Å². The van der Waals surface area contributed by atoms with E-state index in [1.165, 1.54) is 26.4 Å². The molecule has 0 aliphatic rings. The Morgan fingerprint density at radius 3 is 2.33 bits per heavy atom. The fourth-order valence-electron chi connectivity index (χ4n) is 1.34. The number of carbonyl (C=O) groups is 2. The molecule has 0 saturated heterocycles. The Bertz CT molecular complexity index is 464. The van der Waals surface area contributed by atoms with Crippen molar-refractivity contribution in [3.63, 3.8) is 0 Å². The molecule has 0 fully saturated rings. The van der Waals surface area contributed by atoms with Gasteiger partial charge in [-0.15, -0.1) is 0 Å². The molecular formula is C13H14O5. The van der Waals surface area contributed by atoms with E-state index in [1.54, 1.807) is 12.1 Å². The first-order valence-corrected chi connectivity index (χ1v) is 5.18. The number of esters is 2. The van der Waals surface area contributed by atoms with Crippen LogP contribution in [-0.2, 0) is 9.47 Å². The van der Waals surface area contributed by atoms with Crippen molar-refractivity contribution in [1.29, 1.82) is 0 Å². The monoisotopic (exact) mass is 250 g/mol. The van der Waals surface area contributed by atoms with Gasteiger partial charge in [0.1, 0.15) is 12.4 Å². The lowest BCUT2D eigenvalue weighted by Gasteiger charge is -2.09. The zero-order valence-corrected chi connectivity index (χ0v) is 10.3. The summed E-state index contributed by atoms with van der Waals surface area (Å²) in [5.74, 6) is -0.784. The molecule has 0 heterocycles. The van der Waals surface area contributed by atoms with Gasteiger partial charge in [-0.05, 0) is 18.2 Å². The van der Waals surface area contributed by atoms with Gasteiger partial charge in [0.05, 0.1) is 25.3 Å². The molecule has 0 atom stereocenters. The summed E-state index contributed by atoms with van der Waals surface area (Å²) in [7, 11) is 2.48. The van der Waals surface area contributed by atoms with E-state index in [0.29, 0.717) is 12.4 Å². The summed E-state index contributed by atoms with van der Waals surface area (Å²) in [6.07, 6.45) is 1.58. The van der Waals surface area contributed by atoms with Crippen molar-refractivity contribution < 1.29 is 23.8 Å². The maximum absolute atomic E-state index is 11.6. The summed E-state index contributed by atoms with van der Waals surface area (Å²) < 4.78 is 14.5. The van der Waals surface area contributed by atoms with Crippen LogP contribution in [0.15, 0.2) is 30.9 Å². The van der Waals surface area contributed by atoms with Gasteiger partial charge in [0.2, 0.25) is 0 Å². The van der Waals surface area contributed by atoms with Crippen LogP contribution in [-0.4, -0.2) is 32.8 Å². The summed E-state index contributed by atoms with van der Waals surface area (Å²) in [6, 6.07) is 4.46. The largest absolute Gasteiger partial charge is 0.490 e. The number of carbonyl (C=O) groups excluding carboxylic acids is 2. The van der Waals surface area contributed by atoms with Crippen LogP contribution < -0.4 is 4.74 Å². The standard InChI is InChI=1S/C13H14O5/c1-4-7-18-9-5-6-10(12(14)16-2)11(8-9)13(15)17-3/h4-6,8H,1,7H2,2-3H3. The molecule has 5 nitrogen and oxygen atoms in total. The molecular weight excluding hydrogens is 236 g/mol. The third kappa shape index (κ3) is 3.10. The van der Waals surface area contributed by atoms with Crippen LogP contribution in [0, 0.1) is 0 Å². The Balaban J connectivity index is 3.15. The number of benzene rings is 1. The van der Waals surface area contributed by atoms with Crippen LogP contribution in [0.25, 0.3) is 0 Å². The van der Waals surface area contributed by atoms with Crippen molar-refractivity contribution in [3.05, 3.63) is 42.0 Å². The zero-order valence-electron chi connectivity index (χ0n) is 10.3. The van der Waals surface area contributed by atoms with E-state index < -0.39 is 11.9 Å². The van der Waals surface area contributed by atoms with Crippen molar-refractivity contribution in [2.45, 2.75) is 0 Å². The van der Waals surface area contributed by atoms with Crippen molar-refractivity contribution in [1.82, 2.24) is 0 Å². The number of ether oxygens (including phenoxy) is 3. The highest BCUT2D eigenvalue weighted by atomic mass is 16.5. The van der Waals surface area contributed by atoms with E-state index in [4.69, 9.17) is 4.74 Å². The van der Waals surface area contributed by atoms with Gasteiger partial charge < -0.3 is 14.2 Å². The summed E-state index contributed by atoms with van der Waals surface area (Å²) in [5.41, 5.74) is 0.237. The van der Waals surface area contributed by atoms with Gasteiger partial charge in [-0.2, -0.15) is 0 Å². The molecule has 0 amide bonds. The van der Waals surface area contributed by atoms with E-state index in [-0.39, 0.29) is 11.1 Å². The van der Waals surface area contributed by atoms with Crippen molar-refractivity contribution >= 4 is 11.9 Å². The Hall–Kier alpha value is -2.30. The topological polar surface area (TPSA) is 61.8 Å². The normalized spacial score (nSPS) is 9.44. The molecule has 0 N–H and O–H groups in total. The maximum atomic E-state index is 11.6. The minimum atomic E-state index is -0.626. The highest BCUT2D eigenvalue weighted by Crippen LogP contribution is 2.19. The van der Waals surface area contributed by atoms with Crippen LogP contribution in [0.3, 0.4) is 0 Å². The second-order valence-electron chi connectivity index (χ2n) is 3.29. The van der Waals surface area contributed by atoms with Crippen LogP contribution in [0.2, 0.25) is 0 Å². The SMILES string of the molecule is C=CCOc1ccc(C(=O)OC)c(C(=O)OC)c1. The quantitative estimate of drug-likeness (QED) is 0.589. The Kier molecular flexibility index (Phi) is 4.92. The van der Waals surface area contributed by atoms with Gasteiger partial charge in [-0.1, -0.05) is 12.7 Å². The second kappa shape index (κ2) is 6.44. The molecule has 1 rings (SSSR count). The number of methoxy groups -OCH3 is 2. The third-order valence-corrected chi connectivity index (χ3v) is 2.17. The molecule has 5 heteroatoms. The highest BCUT2D eigenvalue weighted by molar-refractivity contribution is 6.03. The lowest BCUT2D eigenvalue weighted by Crippen LogP contribution is -2.12. The van der Waals surface area contributed by atoms with E-state index in [9.17, 15) is 9.59 Å². The van der Waals surface area contributed by atoms with Crippen molar-refractivity contribution in [2.24, 2.45) is 0 Å². The van der Waals surface area contributed by atoms with Gasteiger partial charge in [-0.25, -0.2) is 9.59 Å². The molecule has 0 unspecified atom stereocenters. The fourth-order valence-corrected chi connectivity index (χ4v) is 1.34. The summed E-state index contributed by atoms with van der Waals surface area (Å²) >= 11 is 0. The zero-order chi connectivity index (χ0) is 13.5. The smallest absolute Gasteiger partial charge is 0.338 e. The molecule has 1 aromatic rings. The van der Waals surface area contributed by atoms with E-state index in [2.05, 4.69) is 16.1 Å². The van der Waals surface area contributed by atoms with Gasteiger partial charge in [0, 0.05) is 0 Å². The summed E-state index contributed by atoms with van der Waals surface area (Å²) in [5, 5.41) is 0. The molecule has 0 aliphatic carbocycles. The lowest BCUT2D eigenvalue weighted by atomic mass is 10.1. The molecule has 18 heavy (non-hydrogen) atoms. The third-order valence-electron chi connectivity index (χ3n) is 2.17. The average molecular weight is 250 g/mol. The molecule has 0 saturated carbocycles. The van der Waals surface area contributed by atoms with Crippen LogP contribution in [0.4, 0.5) is 0 Å². The number of hydrogen-bond acceptors (Lipinski definition) is 5. The average Bonchev–Trinajstić information content (AvgIpc) is 2.43. The Morgan fingerprint density at radius 2 is 1.78 bits per heavy atom. The predicted octanol–water partition coefficient (Wildman–Crippen LogP) is 1.82. The minimum Gasteiger partial charge on any atom is -0.490 e. The first kappa shape index (κ1) is 13.8.